The van der Waals surface area contributed by atoms with Crippen LogP contribution in [0.25, 0.3) is 0 Å². The Balaban J connectivity index is 2.24. The second-order valence-corrected chi connectivity index (χ2v) is 7.83. The Hall–Kier alpha value is -2.28. The van der Waals surface area contributed by atoms with Crippen molar-refractivity contribution in [2.45, 2.75) is 65.0 Å². The van der Waals surface area contributed by atoms with Crippen LogP contribution in [0.1, 0.15) is 65.0 Å². The number of rotatable bonds is 12. The molecule has 1 N–H and O–H groups in total. The largest absolute Gasteiger partial charge is 0.494 e. The number of carbonyl (C=O) groups is 2. The van der Waals surface area contributed by atoms with Crippen molar-refractivity contribution in [2.24, 2.45) is 0 Å². The molecule has 7 nitrogen and oxygen atoms in total. The number of ether oxygens (including phenoxy) is 4. The molecule has 29 heavy (non-hydrogen) atoms. The first kappa shape index (κ1) is 24.8. The third-order valence-electron chi connectivity index (χ3n) is 3.99. The highest BCUT2D eigenvalue weighted by atomic mass is 16.6. The number of amides is 1. The topological polar surface area (TPSA) is 83.1 Å². The van der Waals surface area contributed by atoms with Crippen LogP contribution in [0.5, 0.6) is 5.75 Å². The van der Waals surface area contributed by atoms with Gasteiger partial charge in [0.05, 0.1) is 19.8 Å². The number of nitrogens with one attached hydrogen (secondary N) is 1. The fourth-order valence-corrected chi connectivity index (χ4v) is 2.51. The molecule has 1 aromatic carbocycles. The van der Waals surface area contributed by atoms with Gasteiger partial charge in [0, 0.05) is 6.61 Å². The SMILES string of the molecule is COC(=O)COCCCCCCOc1cccc([C@@H](C)NC(=O)OC(C)(C)C)c1. The molecule has 0 fully saturated rings. The Labute approximate surface area is 174 Å². The quantitative estimate of drug-likeness (QED) is 0.407. The molecule has 0 aliphatic rings. The van der Waals surface area contributed by atoms with Gasteiger partial charge in [-0.2, -0.15) is 0 Å². The summed E-state index contributed by atoms with van der Waals surface area (Å²) < 4.78 is 20.8. The van der Waals surface area contributed by atoms with Crippen LogP contribution in [0.4, 0.5) is 4.79 Å². The van der Waals surface area contributed by atoms with Gasteiger partial charge in [-0.3, -0.25) is 0 Å². The van der Waals surface area contributed by atoms with Crippen molar-refractivity contribution in [3.05, 3.63) is 29.8 Å². The van der Waals surface area contributed by atoms with Crippen LogP contribution in [0.15, 0.2) is 24.3 Å². The van der Waals surface area contributed by atoms with Gasteiger partial charge >= 0.3 is 12.1 Å². The standard InChI is InChI=1S/C22H35NO6/c1-17(23-21(25)29-22(2,3)4)18-11-10-12-19(15-18)28-14-9-7-6-8-13-27-16-20(24)26-5/h10-12,15,17H,6-9,13-14,16H2,1-5H3,(H,23,25)/t17-/m1/s1. The Kier molecular flexibility index (Phi) is 11.1. The average Bonchev–Trinajstić information content (AvgIpc) is 2.65. The molecule has 1 atom stereocenters. The van der Waals surface area contributed by atoms with E-state index in [1.54, 1.807) is 0 Å². The smallest absolute Gasteiger partial charge is 0.408 e. The van der Waals surface area contributed by atoms with Crippen molar-refractivity contribution in [3.8, 4) is 5.75 Å². The fraction of sp³-hybridized carbons (Fsp3) is 0.636. The summed E-state index contributed by atoms with van der Waals surface area (Å²) in [5, 5.41) is 2.83. The summed E-state index contributed by atoms with van der Waals surface area (Å²) in [6, 6.07) is 7.52. The van der Waals surface area contributed by atoms with E-state index in [9.17, 15) is 9.59 Å². The molecule has 0 heterocycles. The number of hydrogen-bond donors (Lipinski definition) is 1. The van der Waals surface area contributed by atoms with Gasteiger partial charge in [-0.15, -0.1) is 0 Å². The minimum atomic E-state index is -0.526. The maximum atomic E-state index is 11.9. The number of benzene rings is 1. The van der Waals surface area contributed by atoms with E-state index in [0.717, 1.165) is 37.0 Å². The van der Waals surface area contributed by atoms with Crippen LogP contribution >= 0.6 is 0 Å². The second-order valence-electron chi connectivity index (χ2n) is 7.83. The van der Waals surface area contributed by atoms with Gasteiger partial charge in [0.2, 0.25) is 0 Å². The van der Waals surface area contributed by atoms with Gasteiger partial charge < -0.3 is 24.3 Å². The maximum absolute atomic E-state index is 11.9. The van der Waals surface area contributed by atoms with E-state index < -0.39 is 11.7 Å². The van der Waals surface area contributed by atoms with E-state index in [2.05, 4.69) is 10.1 Å². The first-order valence-electron chi connectivity index (χ1n) is 10.1. The number of unbranched alkanes of at least 4 members (excludes halogenated alkanes) is 3. The first-order valence-corrected chi connectivity index (χ1v) is 10.1. The number of esters is 1. The Bertz CT molecular complexity index is 626. The molecule has 0 saturated heterocycles. The average molecular weight is 410 g/mol. The molecule has 0 aliphatic heterocycles. The molecule has 0 spiro atoms. The molecule has 1 rings (SSSR count). The lowest BCUT2D eigenvalue weighted by molar-refractivity contribution is -0.145. The number of methoxy groups -OCH3 is 1. The van der Waals surface area contributed by atoms with Crippen molar-refractivity contribution < 1.29 is 28.5 Å². The zero-order valence-electron chi connectivity index (χ0n) is 18.3. The molecule has 0 unspecified atom stereocenters. The van der Waals surface area contributed by atoms with Crippen LogP contribution < -0.4 is 10.1 Å². The molecule has 1 amide bonds. The molecule has 0 bridgehead atoms. The van der Waals surface area contributed by atoms with E-state index in [1.807, 2.05) is 52.0 Å². The monoisotopic (exact) mass is 409 g/mol. The molecular formula is C22H35NO6. The van der Waals surface area contributed by atoms with Crippen LogP contribution in [-0.4, -0.2) is 44.6 Å². The van der Waals surface area contributed by atoms with Gasteiger partial charge in [-0.05, 0) is 64.7 Å². The lowest BCUT2D eigenvalue weighted by Gasteiger charge is -2.22. The van der Waals surface area contributed by atoms with Crippen molar-refractivity contribution >= 4 is 12.1 Å². The minimum absolute atomic E-state index is 0.0111. The molecule has 0 saturated carbocycles. The van der Waals surface area contributed by atoms with E-state index in [1.165, 1.54) is 7.11 Å². The summed E-state index contributed by atoms with van der Waals surface area (Å²) in [6.07, 6.45) is 3.44. The minimum Gasteiger partial charge on any atom is -0.494 e. The van der Waals surface area contributed by atoms with Gasteiger partial charge in [0.1, 0.15) is 18.0 Å². The highest BCUT2D eigenvalue weighted by Crippen LogP contribution is 2.20. The maximum Gasteiger partial charge on any atom is 0.408 e. The first-order chi connectivity index (χ1) is 13.7. The Morgan fingerprint density at radius 1 is 1.07 bits per heavy atom. The highest BCUT2D eigenvalue weighted by Gasteiger charge is 2.18. The molecule has 164 valence electrons. The zero-order valence-corrected chi connectivity index (χ0v) is 18.3. The summed E-state index contributed by atoms with van der Waals surface area (Å²) >= 11 is 0. The van der Waals surface area contributed by atoms with Crippen molar-refractivity contribution in [3.63, 3.8) is 0 Å². The Morgan fingerprint density at radius 2 is 1.76 bits per heavy atom. The van der Waals surface area contributed by atoms with Crippen molar-refractivity contribution in [1.82, 2.24) is 5.32 Å². The summed E-state index contributed by atoms with van der Waals surface area (Å²) in [6.45, 7) is 8.60. The third kappa shape index (κ3) is 12.0. The fourth-order valence-electron chi connectivity index (χ4n) is 2.51. The molecule has 0 aromatic heterocycles. The lowest BCUT2D eigenvalue weighted by atomic mass is 10.1. The predicted molar refractivity (Wildman–Crippen MR) is 111 cm³/mol. The van der Waals surface area contributed by atoms with Gasteiger partial charge in [0.25, 0.3) is 0 Å². The van der Waals surface area contributed by atoms with Gasteiger partial charge in [-0.25, -0.2) is 9.59 Å². The van der Waals surface area contributed by atoms with Gasteiger partial charge in [0.15, 0.2) is 0 Å². The van der Waals surface area contributed by atoms with Crippen LogP contribution in [0, 0.1) is 0 Å². The molecule has 0 aliphatic carbocycles. The molecule has 1 aromatic rings. The zero-order chi connectivity index (χ0) is 21.7. The number of hydrogen-bond acceptors (Lipinski definition) is 6. The predicted octanol–water partition coefficient (Wildman–Crippen LogP) is 4.40. The summed E-state index contributed by atoms with van der Waals surface area (Å²) in [5.74, 6) is 0.429. The van der Waals surface area contributed by atoms with Crippen molar-refractivity contribution in [1.29, 1.82) is 0 Å². The summed E-state index contributed by atoms with van der Waals surface area (Å²) in [5.41, 5.74) is 0.429. The third-order valence-corrected chi connectivity index (χ3v) is 3.99. The van der Waals surface area contributed by atoms with Crippen LogP contribution in [0.3, 0.4) is 0 Å². The van der Waals surface area contributed by atoms with Crippen molar-refractivity contribution in [2.75, 3.05) is 26.9 Å². The van der Waals surface area contributed by atoms with E-state index in [4.69, 9.17) is 14.2 Å². The van der Waals surface area contributed by atoms with E-state index >= 15 is 0 Å². The second kappa shape index (κ2) is 13.0. The number of alkyl carbamates (subject to hydrolysis) is 1. The lowest BCUT2D eigenvalue weighted by Crippen LogP contribution is -2.34. The van der Waals surface area contributed by atoms with E-state index in [-0.39, 0.29) is 18.6 Å². The van der Waals surface area contributed by atoms with Crippen LogP contribution in [-0.2, 0) is 19.0 Å². The van der Waals surface area contributed by atoms with Gasteiger partial charge in [-0.1, -0.05) is 18.6 Å². The molecule has 7 heteroatoms. The number of carbonyl (C=O) groups excluding carboxylic acids is 2. The summed E-state index contributed by atoms with van der Waals surface area (Å²) in [4.78, 5) is 22.8. The Morgan fingerprint density at radius 3 is 2.41 bits per heavy atom. The molecule has 0 radical (unpaired) electrons. The highest BCUT2D eigenvalue weighted by molar-refractivity contribution is 5.70. The van der Waals surface area contributed by atoms with E-state index in [0.29, 0.717) is 13.2 Å². The van der Waals surface area contributed by atoms with Crippen LogP contribution in [0.2, 0.25) is 0 Å². The normalized spacial score (nSPS) is 12.2. The molecular weight excluding hydrogens is 374 g/mol. The summed E-state index contributed by atoms with van der Waals surface area (Å²) in [7, 11) is 1.35.